The van der Waals surface area contributed by atoms with Gasteiger partial charge in [0, 0.05) is 36.8 Å². The third kappa shape index (κ3) is 4.50. The average molecular weight is 455 g/mol. The Hall–Kier alpha value is -2.71. The summed E-state index contributed by atoms with van der Waals surface area (Å²) in [4.78, 5) is 4.77. The van der Waals surface area contributed by atoms with Crippen LogP contribution in [0.1, 0.15) is 33.6 Å². The number of methoxy groups -OCH3 is 1. The molecule has 0 bridgehead atoms. The summed E-state index contributed by atoms with van der Waals surface area (Å²) in [6, 6.07) is 15.4. The molecule has 1 unspecified atom stereocenters. The fourth-order valence-electron chi connectivity index (χ4n) is 3.59. The van der Waals surface area contributed by atoms with E-state index in [4.69, 9.17) is 26.7 Å². The van der Waals surface area contributed by atoms with E-state index in [9.17, 15) is 5.11 Å². The Labute approximate surface area is 189 Å². The molecule has 4 aromatic rings. The van der Waals surface area contributed by atoms with Gasteiger partial charge in [0.25, 0.3) is 0 Å². The number of aliphatic hydroxyl groups is 1. The second-order valence-electron chi connectivity index (χ2n) is 7.20. The van der Waals surface area contributed by atoms with Crippen molar-refractivity contribution >= 4 is 39.5 Å². The lowest BCUT2D eigenvalue weighted by molar-refractivity contribution is 0.129. The molecule has 4 rings (SSSR count). The van der Waals surface area contributed by atoms with Gasteiger partial charge in [-0.1, -0.05) is 35.9 Å². The van der Waals surface area contributed by atoms with Crippen LogP contribution in [-0.2, 0) is 20.0 Å². The van der Waals surface area contributed by atoms with E-state index in [1.807, 2.05) is 60.1 Å². The van der Waals surface area contributed by atoms with E-state index in [1.54, 1.807) is 18.4 Å². The van der Waals surface area contributed by atoms with Crippen molar-refractivity contribution in [2.24, 2.45) is 7.05 Å². The zero-order chi connectivity index (χ0) is 22.0. The van der Waals surface area contributed by atoms with Crippen LogP contribution in [0, 0.1) is 5.41 Å². The largest absolute Gasteiger partial charge is 0.497 e. The minimum Gasteiger partial charge on any atom is -0.497 e. The molecule has 0 amide bonds. The summed E-state index contributed by atoms with van der Waals surface area (Å²) in [7, 11) is 3.50. The van der Waals surface area contributed by atoms with Crippen molar-refractivity contribution in [1.29, 1.82) is 5.41 Å². The van der Waals surface area contributed by atoms with E-state index in [0.717, 1.165) is 32.2 Å². The first-order valence-corrected chi connectivity index (χ1v) is 11.0. The molecule has 0 aliphatic rings. The Morgan fingerprint density at radius 2 is 2.03 bits per heavy atom. The number of halogens is 1. The number of nitrogens with zero attached hydrogens (tertiary/aromatic N) is 2. The van der Waals surface area contributed by atoms with Gasteiger partial charge in [-0.05, 0) is 35.4 Å². The number of benzene rings is 2. The average Bonchev–Trinajstić information content (AvgIpc) is 3.30. The molecule has 31 heavy (non-hydrogen) atoms. The number of hydrogen-bond donors (Lipinski definition) is 3. The summed E-state index contributed by atoms with van der Waals surface area (Å²) >= 11 is 7.52. The van der Waals surface area contributed by atoms with Gasteiger partial charge < -0.3 is 19.8 Å². The maximum Gasteiger partial charge on any atom is 0.152 e. The number of aromatic nitrogens is 2. The smallest absolute Gasteiger partial charge is 0.152 e. The molecule has 1 atom stereocenters. The Morgan fingerprint density at radius 3 is 2.74 bits per heavy atom. The third-order valence-corrected chi connectivity index (χ3v) is 6.49. The number of nitrogens with one attached hydrogen (secondary N) is 2. The van der Waals surface area contributed by atoms with Crippen molar-refractivity contribution in [3.05, 3.63) is 80.9 Å². The van der Waals surface area contributed by atoms with Gasteiger partial charge in [-0.2, -0.15) is 0 Å². The highest BCUT2D eigenvalue weighted by molar-refractivity contribution is 7.19. The van der Waals surface area contributed by atoms with Crippen LogP contribution in [0.2, 0.25) is 5.02 Å². The molecule has 2 aromatic carbocycles. The summed E-state index contributed by atoms with van der Waals surface area (Å²) in [6.45, 7) is 0.462. The highest BCUT2D eigenvalue weighted by Crippen LogP contribution is 2.33. The molecule has 2 heterocycles. The van der Waals surface area contributed by atoms with Crippen molar-refractivity contribution in [2.75, 3.05) is 7.11 Å². The molecule has 0 saturated heterocycles. The molecule has 0 spiro atoms. The molecule has 0 fully saturated rings. The SMILES string of the molecule is COc1cccc(CNC(O)c2c(C=N)c3sc(Cc4ccc(Cl)cc4)nc3n2C)c1. The minimum atomic E-state index is -0.936. The zero-order valence-electron chi connectivity index (χ0n) is 17.2. The lowest BCUT2D eigenvalue weighted by Gasteiger charge is -2.16. The molecule has 0 radical (unpaired) electrons. The molecule has 3 N–H and O–H groups in total. The summed E-state index contributed by atoms with van der Waals surface area (Å²) in [5, 5.41) is 23.6. The number of fused-ring (bicyclic) bond motifs is 1. The lowest BCUT2D eigenvalue weighted by Crippen LogP contribution is -2.23. The first-order valence-electron chi connectivity index (χ1n) is 9.77. The van der Waals surface area contributed by atoms with Crippen molar-refractivity contribution < 1.29 is 9.84 Å². The zero-order valence-corrected chi connectivity index (χ0v) is 18.8. The predicted octanol–water partition coefficient (Wildman–Crippen LogP) is 4.67. The van der Waals surface area contributed by atoms with E-state index in [0.29, 0.717) is 29.2 Å². The number of thiazole rings is 1. The van der Waals surface area contributed by atoms with Crippen molar-refractivity contribution in [1.82, 2.24) is 14.9 Å². The molecule has 160 valence electrons. The maximum absolute atomic E-state index is 10.8. The van der Waals surface area contributed by atoms with Crippen LogP contribution in [-0.4, -0.2) is 28.0 Å². The Balaban J connectivity index is 1.57. The Kier molecular flexibility index (Phi) is 6.38. The van der Waals surface area contributed by atoms with Gasteiger partial charge in [0.2, 0.25) is 0 Å². The number of aliphatic hydroxyl groups excluding tert-OH is 1. The molecule has 6 nitrogen and oxygen atoms in total. The van der Waals surface area contributed by atoms with Crippen LogP contribution in [0.4, 0.5) is 0 Å². The summed E-state index contributed by atoms with van der Waals surface area (Å²) in [6.07, 6.45) is 1.05. The lowest BCUT2D eigenvalue weighted by atomic mass is 10.2. The second kappa shape index (κ2) is 9.20. The fraction of sp³-hybridized carbons (Fsp3) is 0.217. The number of hydrogen-bond acceptors (Lipinski definition) is 6. The third-order valence-electron chi connectivity index (χ3n) is 5.16. The number of ether oxygens (including phenoxy) is 1. The predicted molar refractivity (Wildman–Crippen MR) is 126 cm³/mol. The minimum absolute atomic E-state index is 0.462. The first-order chi connectivity index (χ1) is 15.0. The number of aryl methyl sites for hydroxylation is 1. The quantitative estimate of drug-likeness (QED) is 0.267. The van der Waals surface area contributed by atoms with Crippen LogP contribution in [0.25, 0.3) is 10.3 Å². The van der Waals surface area contributed by atoms with Gasteiger partial charge >= 0.3 is 0 Å². The molecule has 0 saturated carbocycles. The maximum atomic E-state index is 10.8. The topological polar surface area (TPSA) is 83.2 Å². The molecule has 2 aromatic heterocycles. The molecule has 8 heteroatoms. The van der Waals surface area contributed by atoms with E-state index in [2.05, 4.69) is 5.32 Å². The van der Waals surface area contributed by atoms with Crippen LogP contribution in [0.15, 0.2) is 48.5 Å². The number of rotatable bonds is 8. The first kappa shape index (κ1) is 21.5. The fourth-order valence-corrected chi connectivity index (χ4v) is 4.87. The van der Waals surface area contributed by atoms with Gasteiger partial charge in [-0.25, -0.2) is 4.98 Å². The van der Waals surface area contributed by atoms with Crippen molar-refractivity contribution in [2.45, 2.75) is 19.2 Å². The molecular formula is C23H23ClN4O2S. The van der Waals surface area contributed by atoms with Crippen molar-refractivity contribution in [3.8, 4) is 5.75 Å². The summed E-state index contributed by atoms with van der Waals surface area (Å²) in [5.74, 6) is 0.769. The van der Waals surface area contributed by atoms with Crippen LogP contribution < -0.4 is 10.1 Å². The van der Waals surface area contributed by atoms with E-state index < -0.39 is 6.23 Å². The molecule has 0 aliphatic carbocycles. The van der Waals surface area contributed by atoms with E-state index in [-0.39, 0.29) is 0 Å². The van der Waals surface area contributed by atoms with Crippen molar-refractivity contribution in [3.63, 3.8) is 0 Å². The Bertz CT molecular complexity index is 1220. The van der Waals surface area contributed by atoms with Gasteiger partial charge in [0.1, 0.15) is 17.0 Å². The highest BCUT2D eigenvalue weighted by atomic mass is 35.5. The van der Waals surface area contributed by atoms with Gasteiger partial charge in [0.15, 0.2) is 5.65 Å². The van der Waals surface area contributed by atoms with Crippen LogP contribution in [0.5, 0.6) is 5.75 Å². The summed E-state index contributed by atoms with van der Waals surface area (Å²) < 4.78 is 8.02. The standard InChI is InChI=1S/C23H23ClN4O2S/c1-28-20(23(29)26-13-15-4-3-5-17(10-15)30-2)18(12-25)21-22(28)27-19(31-21)11-14-6-8-16(24)9-7-14/h3-10,12,23,25-26,29H,11,13H2,1-2H3. The normalized spacial score (nSPS) is 12.3. The van der Waals surface area contributed by atoms with E-state index >= 15 is 0 Å². The van der Waals surface area contributed by atoms with Crippen LogP contribution >= 0.6 is 22.9 Å². The van der Waals surface area contributed by atoms with Crippen LogP contribution in [0.3, 0.4) is 0 Å². The highest BCUT2D eigenvalue weighted by Gasteiger charge is 2.23. The Morgan fingerprint density at radius 1 is 1.26 bits per heavy atom. The molecular weight excluding hydrogens is 432 g/mol. The monoisotopic (exact) mass is 454 g/mol. The van der Waals surface area contributed by atoms with E-state index in [1.165, 1.54) is 6.21 Å². The van der Waals surface area contributed by atoms with Gasteiger partial charge in [0.05, 0.1) is 17.5 Å². The summed E-state index contributed by atoms with van der Waals surface area (Å²) in [5.41, 5.74) is 4.20. The second-order valence-corrected chi connectivity index (χ2v) is 8.72. The molecule has 0 aliphatic heterocycles. The van der Waals surface area contributed by atoms with Gasteiger partial charge in [-0.3, -0.25) is 5.32 Å². The van der Waals surface area contributed by atoms with Gasteiger partial charge in [-0.15, -0.1) is 11.3 Å².